The van der Waals surface area contributed by atoms with Crippen LogP contribution in [-0.2, 0) is 23.6 Å². The molecule has 2 aromatic carbocycles. The molecule has 0 atom stereocenters. The van der Waals surface area contributed by atoms with Gasteiger partial charge in [-0.3, -0.25) is 4.68 Å². The van der Waals surface area contributed by atoms with E-state index < -0.39 is 10.0 Å². The standard InChI is InChI=1S/C20H26N4O2S/c1-14-18(15(2)24(6)21-14)13-23(5)27(25,26)20-12-8-9-16-17(20)10-7-11-19(16)22(3)4/h7-12H,13H2,1-6H3. The van der Waals surface area contributed by atoms with Gasteiger partial charge in [0.25, 0.3) is 0 Å². The smallest absolute Gasteiger partial charge is 0.243 e. The highest BCUT2D eigenvalue weighted by Gasteiger charge is 2.25. The van der Waals surface area contributed by atoms with Gasteiger partial charge in [0.2, 0.25) is 10.0 Å². The number of hydrogen-bond acceptors (Lipinski definition) is 4. The first-order valence-electron chi connectivity index (χ1n) is 8.79. The molecule has 0 amide bonds. The highest BCUT2D eigenvalue weighted by Crippen LogP contribution is 2.32. The molecule has 3 aromatic rings. The monoisotopic (exact) mass is 386 g/mol. The largest absolute Gasteiger partial charge is 0.377 e. The Labute approximate surface area is 161 Å². The maximum atomic E-state index is 13.3. The number of fused-ring (bicyclic) bond motifs is 1. The van der Waals surface area contributed by atoms with Gasteiger partial charge >= 0.3 is 0 Å². The number of rotatable bonds is 5. The zero-order valence-corrected chi connectivity index (χ0v) is 17.5. The summed E-state index contributed by atoms with van der Waals surface area (Å²) in [5.74, 6) is 0. The van der Waals surface area contributed by atoms with Gasteiger partial charge in [-0.05, 0) is 26.0 Å². The van der Waals surface area contributed by atoms with Crippen LogP contribution in [0.1, 0.15) is 17.0 Å². The Balaban J connectivity index is 2.08. The Bertz CT molecular complexity index is 1100. The van der Waals surface area contributed by atoms with Crippen molar-refractivity contribution in [3.8, 4) is 0 Å². The molecule has 0 N–H and O–H groups in total. The van der Waals surface area contributed by atoms with Crippen LogP contribution in [0, 0.1) is 13.8 Å². The Hall–Kier alpha value is -2.38. The summed E-state index contributed by atoms with van der Waals surface area (Å²) in [7, 11) is 3.75. The molecule has 6 nitrogen and oxygen atoms in total. The molecule has 3 rings (SSSR count). The molecule has 0 spiro atoms. The molecule has 7 heteroatoms. The third kappa shape index (κ3) is 3.33. The predicted molar refractivity (Wildman–Crippen MR) is 110 cm³/mol. The highest BCUT2D eigenvalue weighted by molar-refractivity contribution is 7.89. The number of anilines is 1. The van der Waals surface area contributed by atoms with Crippen LogP contribution in [0.4, 0.5) is 5.69 Å². The lowest BCUT2D eigenvalue weighted by Crippen LogP contribution is -2.27. The van der Waals surface area contributed by atoms with Crippen molar-refractivity contribution in [3.63, 3.8) is 0 Å². The second-order valence-electron chi connectivity index (χ2n) is 7.06. The first kappa shape index (κ1) is 19.4. The normalized spacial score (nSPS) is 12.1. The molecule has 0 aliphatic rings. The van der Waals surface area contributed by atoms with Gasteiger partial charge in [0, 0.05) is 62.5 Å². The Kier molecular flexibility index (Phi) is 5.01. The van der Waals surface area contributed by atoms with Crippen LogP contribution in [0.25, 0.3) is 10.8 Å². The van der Waals surface area contributed by atoms with Crippen LogP contribution in [0.3, 0.4) is 0 Å². The molecule has 0 bridgehead atoms. The minimum Gasteiger partial charge on any atom is -0.377 e. The molecule has 0 saturated carbocycles. The van der Waals surface area contributed by atoms with Gasteiger partial charge in [-0.25, -0.2) is 8.42 Å². The van der Waals surface area contributed by atoms with E-state index in [4.69, 9.17) is 0 Å². The SMILES string of the molecule is Cc1nn(C)c(C)c1CN(C)S(=O)(=O)c1cccc2c(N(C)C)cccc12. The molecular weight excluding hydrogens is 360 g/mol. The number of nitrogens with zero attached hydrogens (tertiary/aromatic N) is 4. The second kappa shape index (κ2) is 6.98. The van der Waals surface area contributed by atoms with Crippen molar-refractivity contribution in [3.05, 3.63) is 53.3 Å². The van der Waals surface area contributed by atoms with Gasteiger partial charge in [-0.1, -0.05) is 24.3 Å². The summed E-state index contributed by atoms with van der Waals surface area (Å²) in [6, 6.07) is 11.2. The summed E-state index contributed by atoms with van der Waals surface area (Å²) in [5.41, 5.74) is 3.76. The van der Waals surface area contributed by atoms with E-state index in [0.29, 0.717) is 4.90 Å². The van der Waals surface area contributed by atoms with Crippen LogP contribution >= 0.6 is 0 Å². The lowest BCUT2D eigenvalue weighted by Gasteiger charge is -2.20. The summed E-state index contributed by atoms with van der Waals surface area (Å²) in [6.07, 6.45) is 0. The average molecular weight is 387 g/mol. The van der Waals surface area contributed by atoms with Crippen molar-refractivity contribution in [1.29, 1.82) is 0 Å². The van der Waals surface area contributed by atoms with Crippen LogP contribution in [-0.4, -0.2) is 43.6 Å². The first-order valence-corrected chi connectivity index (χ1v) is 10.2. The zero-order valence-electron chi connectivity index (χ0n) is 16.7. The van der Waals surface area contributed by atoms with Crippen molar-refractivity contribution >= 4 is 26.5 Å². The maximum absolute atomic E-state index is 13.3. The van der Waals surface area contributed by atoms with Gasteiger partial charge in [0.05, 0.1) is 10.6 Å². The van der Waals surface area contributed by atoms with E-state index in [-0.39, 0.29) is 6.54 Å². The highest BCUT2D eigenvalue weighted by atomic mass is 32.2. The number of hydrogen-bond donors (Lipinski definition) is 0. The fourth-order valence-corrected chi connectivity index (χ4v) is 4.74. The summed E-state index contributed by atoms with van der Waals surface area (Å²) in [6.45, 7) is 4.15. The first-order chi connectivity index (χ1) is 12.6. The topological polar surface area (TPSA) is 58.4 Å². The second-order valence-corrected chi connectivity index (χ2v) is 9.07. The predicted octanol–water partition coefficient (Wildman–Crippen LogP) is 3.08. The fourth-order valence-electron chi connectivity index (χ4n) is 3.40. The van der Waals surface area contributed by atoms with Crippen LogP contribution in [0.5, 0.6) is 0 Å². The van der Waals surface area contributed by atoms with Crippen molar-refractivity contribution in [2.45, 2.75) is 25.3 Å². The molecule has 0 saturated heterocycles. The molecule has 1 heterocycles. The summed E-state index contributed by atoms with van der Waals surface area (Å²) < 4.78 is 29.9. The lowest BCUT2D eigenvalue weighted by atomic mass is 10.1. The molecule has 0 radical (unpaired) electrons. The van der Waals surface area contributed by atoms with Crippen LogP contribution < -0.4 is 4.90 Å². The number of aromatic nitrogens is 2. The fraction of sp³-hybridized carbons (Fsp3) is 0.350. The summed E-state index contributed by atoms with van der Waals surface area (Å²) in [5, 5.41) is 6.04. The van der Waals surface area contributed by atoms with Gasteiger partial charge in [0.1, 0.15) is 0 Å². The molecule has 0 aliphatic heterocycles. The molecular formula is C20H26N4O2S. The van der Waals surface area contributed by atoms with Crippen molar-refractivity contribution in [2.24, 2.45) is 7.05 Å². The van der Waals surface area contributed by atoms with Crippen molar-refractivity contribution < 1.29 is 8.42 Å². The minimum absolute atomic E-state index is 0.289. The molecule has 0 unspecified atom stereocenters. The molecule has 1 aromatic heterocycles. The van der Waals surface area contributed by atoms with Crippen molar-refractivity contribution in [2.75, 3.05) is 26.0 Å². The van der Waals surface area contributed by atoms with Crippen LogP contribution in [0.15, 0.2) is 41.3 Å². The number of benzene rings is 2. The summed E-state index contributed by atoms with van der Waals surface area (Å²) in [4.78, 5) is 2.32. The van der Waals surface area contributed by atoms with E-state index in [1.807, 2.05) is 64.2 Å². The third-order valence-electron chi connectivity index (χ3n) is 5.07. The lowest BCUT2D eigenvalue weighted by molar-refractivity contribution is 0.465. The van der Waals surface area contributed by atoms with Gasteiger partial charge in [0.15, 0.2) is 0 Å². The molecule has 27 heavy (non-hydrogen) atoms. The zero-order chi connectivity index (χ0) is 19.9. The van der Waals surface area contributed by atoms with Gasteiger partial charge in [-0.2, -0.15) is 9.40 Å². The van der Waals surface area contributed by atoms with Gasteiger partial charge in [-0.15, -0.1) is 0 Å². The Morgan fingerprint density at radius 3 is 2.22 bits per heavy atom. The Morgan fingerprint density at radius 2 is 1.63 bits per heavy atom. The van der Waals surface area contributed by atoms with E-state index in [0.717, 1.165) is 33.4 Å². The minimum atomic E-state index is -3.65. The van der Waals surface area contributed by atoms with Crippen LogP contribution in [0.2, 0.25) is 0 Å². The molecule has 0 fully saturated rings. The summed E-state index contributed by atoms with van der Waals surface area (Å²) >= 11 is 0. The van der Waals surface area contributed by atoms with E-state index in [1.165, 1.54) is 4.31 Å². The molecule has 144 valence electrons. The number of aryl methyl sites for hydroxylation is 2. The van der Waals surface area contributed by atoms with E-state index >= 15 is 0 Å². The van der Waals surface area contributed by atoms with E-state index in [9.17, 15) is 8.42 Å². The van der Waals surface area contributed by atoms with E-state index in [2.05, 4.69) is 5.10 Å². The quantitative estimate of drug-likeness (QED) is 0.676. The van der Waals surface area contributed by atoms with E-state index in [1.54, 1.807) is 23.9 Å². The van der Waals surface area contributed by atoms with Gasteiger partial charge < -0.3 is 4.90 Å². The van der Waals surface area contributed by atoms with Crippen molar-refractivity contribution in [1.82, 2.24) is 14.1 Å². The average Bonchev–Trinajstić information content (AvgIpc) is 2.86. The maximum Gasteiger partial charge on any atom is 0.243 e. The number of sulfonamides is 1. The molecule has 0 aliphatic carbocycles. The third-order valence-corrected chi connectivity index (χ3v) is 6.93. The Morgan fingerprint density at radius 1 is 1.00 bits per heavy atom.